The van der Waals surface area contributed by atoms with Gasteiger partial charge in [0.25, 0.3) is 0 Å². The first-order valence-electron chi connectivity index (χ1n) is 5.88. The fourth-order valence-electron chi connectivity index (χ4n) is 1.91. The van der Waals surface area contributed by atoms with Gasteiger partial charge in [-0.05, 0) is 26.0 Å². The van der Waals surface area contributed by atoms with Gasteiger partial charge in [-0.2, -0.15) is 0 Å². The molecular formula is C13H18N4. The summed E-state index contributed by atoms with van der Waals surface area (Å²) in [5, 5.41) is 3.52. The minimum atomic E-state index is 0.259. The molecular weight excluding hydrogens is 212 g/mol. The molecule has 2 heterocycles. The van der Waals surface area contributed by atoms with E-state index in [1.165, 1.54) is 0 Å². The molecule has 0 spiro atoms. The Hall–Kier alpha value is -1.68. The molecule has 1 N–H and O–H groups in total. The van der Waals surface area contributed by atoms with Crippen LogP contribution >= 0.6 is 0 Å². The van der Waals surface area contributed by atoms with Crippen LogP contribution in [0.4, 0.5) is 0 Å². The molecule has 0 aliphatic rings. The van der Waals surface area contributed by atoms with Crippen molar-refractivity contribution < 1.29 is 0 Å². The topological polar surface area (TPSA) is 42.7 Å². The van der Waals surface area contributed by atoms with Gasteiger partial charge in [-0.1, -0.05) is 6.07 Å². The monoisotopic (exact) mass is 230 g/mol. The van der Waals surface area contributed by atoms with E-state index < -0.39 is 0 Å². The zero-order valence-corrected chi connectivity index (χ0v) is 10.2. The number of pyridine rings is 1. The van der Waals surface area contributed by atoms with Crippen LogP contribution in [0.15, 0.2) is 43.1 Å². The lowest BCUT2D eigenvalue weighted by Crippen LogP contribution is -2.32. The lowest BCUT2D eigenvalue weighted by atomic mass is 10.2. The van der Waals surface area contributed by atoms with Gasteiger partial charge >= 0.3 is 0 Å². The van der Waals surface area contributed by atoms with E-state index in [2.05, 4.69) is 33.7 Å². The molecule has 17 heavy (non-hydrogen) atoms. The van der Waals surface area contributed by atoms with Crippen LogP contribution in [0, 0.1) is 0 Å². The van der Waals surface area contributed by atoms with Gasteiger partial charge in [0.15, 0.2) is 0 Å². The lowest BCUT2D eigenvalue weighted by Gasteiger charge is -2.19. The Bertz CT molecular complexity index is 424. The highest BCUT2D eigenvalue weighted by molar-refractivity contribution is 5.07. The van der Waals surface area contributed by atoms with E-state index in [1.807, 2.05) is 36.9 Å². The number of nitrogens with zero attached hydrogens (tertiary/aromatic N) is 3. The van der Waals surface area contributed by atoms with Crippen LogP contribution in [0.3, 0.4) is 0 Å². The van der Waals surface area contributed by atoms with Gasteiger partial charge in [0.05, 0.1) is 12.0 Å². The second-order valence-electron chi connectivity index (χ2n) is 4.30. The minimum Gasteiger partial charge on any atom is -0.336 e. The van der Waals surface area contributed by atoms with E-state index in [4.69, 9.17) is 0 Å². The summed E-state index contributed by atoms with van der Waals surface area (Å²) in [6, 6.07) is 6.63. The van der Waals surface area contributed by atoms with Crippen molar-refractivity contribution in [1.29, 1.82) is 0 Å². The largest absolute Gasteiger partial charge is 0.336 e. The third-order valence-corrected chi connectivity index (χ3v) is 2.71. The molecule has 0 radical (unpaired) electrons. The molecule has 90 valence electrons. The summed E-state index contributed by atoms with van der Waals surface area (Å²) in [7, 11) is 0. The highest BCUT2D eigenvalue weighted by Crippen LogP contribution is 2.09. The molecule has 2 unspecified atom stereocenters. The molecule has 0 bridgehead atoms. The van der Waals surface area contributed by atoms with E-state index >= 15 is 0 Å². The van der Waals surface area contributed by atoms with Crippen LogP contribution in [0.5, 0.6) is 0 Å². The summed E-state index contributed by atoms with van der Waals surface area (Å²) in [6.07, 6.45) is 7.44. The van der Waals surface area contributed by atoms with E-state index in [-0.39, 0.29) is 6.04 Å². The summed E-state index contributed by atoms with van der Waals surface area (Å²) in [6.45, 7) is 5.21. The number of hydrogen-bond acceptors (Lipinski definition) is 3. The fourth-order valence-corrected chi connectivity index (χ4v) is 1.91. The molecule has 2 atom stereocenters. The fraction of sp³-hybridized carbons (Fsp3) is 0.385. The first kappa shape index (κ1) is 11.8. The number of aromatic nitrogens is 3. The van der Waals surface area contributed by atoms with Crippen molar-refractivity contribution in [3.05, 3.63) is 48.8 Å². The normalized spacial score (nSPS) is 14.5. The molecule has 2 aromatic heterocycles. The molecule has 4 heteroatoms. The zero-order chi connectivity index (χ0) is 12.1. The zero-order valence-electron chi connectivity index (χ0n) is 10.2. The van der Waals surface area contributed by atoms with Crippen molar-refractivity contribution in [1.82, 2.24) is 19.9 Å². The lowest BCUT2D eigenvalue weighted by molar-refractivity contribution is 0.425. The second kappa shape index (κ2) is 5.59. The first-order chi connectivity index (χ1) is 8.25. The number of rotatable bonds is 5. The predicted molar refractivity (Wildman–Crippen MR) is 67.5 cm³/mol. The highest BCUT2D eigenvalue weighted by atomic mass is 15.1. The van der Waals surface area contributed by atoms with Crippen LogP contribution in [0.1, 0.15) is 25.6 Å². The van der Waals surface area contributed by atoms with Gasteiger partial charge in [-0.15, -0.1) is 0 Å². The van der Waals surface area contributed by atoms with Gasteiger partial charge in [-0.3, -0.25) is 4.98 Å². The maximum atomic E-state index is 4.35. The van der Waals surface area contributed by atoms with E-state index in [0.717, 1.165) is 12.2 Å². The Labute approximate surface area is 102 Å². The maximum absolute atomic E-state index is 4.35. The molecule has 2 aromatic rings. The third-order valence-electron chi connectivity index (χ3n) is 2.71. The Balaban J connectivity index is 1.88. The van der Waals surface area contributed by atoms with Gasteiger partial charge < -0.3 is 9.88 Å². The number of hydrogen-bond donors (Lipinski definition) is 1. The van der Waals surface area contributed by atoms with Crippen LogP contribution in [-0.4, -0.2) is 20.6 Å². The second-order valence-corrected chi connectivity index (χ2v) is 4.30. The Morgan fingerprint density at radius 3 is 2.82 bits per heavy atom. The standard InChI is InChI=1S/C13H18N4/c1-11(9-17-8-7-14-10-17)16-12(2)13-5-3-4-6-15-13/h3-8,10-12,16H,9H2,1-2H3. The number of imidazole rings is 1. The van der Waals surface area contributed by atoms with Crippen molar-refractivity contribution in [2.75, 3.05) is 0 Å². The number of nitrogens with one attached hydrogen (secondary N) is 1. The molecule has 2 rings (SSSR count). The van der Waals surface area contributed by atoms with E-state index in [9.17, 15) is 0 Å². The summed E-state index contributed by atoms with van der Waals surface area (Å²) in [5.74, 6) is 0. The average molecular weight is 230 g/mol. The molecule has 0 aromatic carbocycles. The van der Waals surface area contributed by atoms with Gasteiger partial charge in [0.1, 0.15) is 0 Å². The highest BCUT2D eigenvalue weighted by Gasteiger charge is 2.10. The summed E-state index contributed by atoms with van der Waals surface area (Å²) >= 11 is 0. The first-order valence-corrected chi connectivity index (χ1v) is 5.88. The summed E-state index contributed by atoms with van der Waals surface area (Å²) < 4.78 is 2.07. The molecule has 0 amide bonds. The summed E-state index contributed by atoms with van der Waals surface area (Å²) in [4.78, 5) is 8.38. The molecule has 0 saturated heterocycles. The van der Waals surface area contributed by atoms with Gasteiger partial charge in [0.2, 0.25) is 0 Å². The summed E-state index contributed by atoms with van der Waals surface area (Å²) in [5.41, 5.74) is 1.07. The van der Waals surface area contributed by atoms with Crippen molar-refractivity contribution >= 4 is 0 Å². The predicted octanol–water partition coefficient (Wildman–Crippen LogP) is 2.02. The SMILES string of the molecule is CC(Cn1ccnc1)NC(C)c1ccccn1. The van der Waals surface area contributed by atoms with Gasteiger partial charge in [-0.25, -0.2) is 4.98 Å². The van der Waals surface area contributed by atoms with Gasteiger partial charge in [0, 0.05) is 37.2 Å². The molecule has 0 fully saturated rings. The van der Waals surface area contributed by atoms with Crippen LogP contribution in [0.25, 0.3) is 0 Å². The molecule has 4 nitrogen and oxygen atoms in total. The maximum Gasteiger partial charge on any atom is 0.0946 e. The van der Waals surface area contributed by atoms with Crippen molar-refractivity contribution in [2.24, 2.45) is 0 Å². The quantitative estimate of drug-likeness (QED) is 0.854. The van der Waals surface area contributed by atoms with Crippen LogP contribution in [0.2, 0.25) is 0 Å². The van der Waals surface area contributed by atoms with E-state index in [1.54, 1.807) is 6.20 Å². The molecule has 0 aliphatic carbocycles. The Morgan fingerprint density at radius 2 is 2.18 bits per heavy atom. The van der Waals surface area contributed by atoms with Crippen molar-refractivity contribution in [3.8, 4) is 0 Å². The van der Waals surface area contributed by atoms with Crippen LogP contribution < -0.4 is 5.32 Å². The van der Waals surface area contributed by atoms with Crippen LogP contribution in [-0.2, 0) is 6.54 Å². The Kier molecular flexibility index (Phi) is 3.88. The minimum absolute atomic E-state index is 0.259. The van der Waals surface area contributed by atoms with Crippen molar-refractivity contribution in [3.63, 3.8) is 0 Å². The Morgan fingerprint density at radius 1 is 1.29 bits per heavy atom. The smallest absolute Gasteiger partial charge is 0.0946 e. The molecule has 0 aliphatic heterocycles. The third kappa shape index (κ3) is 3.39. The molecule has 0 saturated carbocycles. The van der Waals surface area contributed by atoms with Crippen molar-refractivity contribution in [2.45, 2.75) is 32.5 Å². The van der Waals surface area contributed by atoms with E-state index in [0.29, 0.717) is 6.04 Å². The average Bonchev–Trinajstić information content (AvgIpc) is 2.82.